The summed E-state index contributed by atoms with van der Waals surface area (Å²) in [6.45, 7) is 10.1. The molecule has 2 aliphatic heterocycles. The molecule has 1 N–H and O–H groups in total. The normalized spacial score (nSPS) is 21.1. The van der Waals surface area contributed by atoms with E-state index >= 15 is 0 Å². The number of piperidine rings is 1. The van der Waals surface area contributed by atoms with Crippen LogP contribution in [0.3, 0.4) is 0 Å². The second-order valence-corrected chi connectivity index (χ2v) is 6.48. The lowest BCUT2D eigenvalue weighted by atomic mass is 10.1. The first-order valence-corrected chi connectivity index (χ1v) is 8.88. The van der Waals surface area contributed by atoms with E-state index in [2.05, 4.69) is 34.4 Å². The first-order chi connectivity index (χ1) is 11.2. The van der Waals surface area contributed by atoms with Gasteiger partial charge in [0.15, 0.2) is 5.69 Å². The van der Waals surface area contributed by atoms with Crippen molar-refractivity contribution in [2.45, 2.75) is 45.2 Å². The van der Waals surface area contributed by atoms with Gasteiger partial charge in [0.1, 0.15) is 0 Å². The molecular formula is C16H30Cl2N6O. The molecule has 0 saturated carbocycles. The van der Waals surface area contributed by atoms with Gasteiger partial charge in [-0.1, -0.05) is 19.1 Å². The van der Waals surface area contributed by atoms with E-state index in [1.807, 2.05) is 15.8 Å². The third-order valence-electron chi connectivity index (χ3n) is 5.19. The molecule has 1 aromatic heterocycles. The summed E-state index contributed by atoms with van der Waals surface area (Å²) in [5, 5.41) is 11.7. The molecule has 1 unspecified atom stereocenters. The Morgan fingerprint density at radius 2 is 1.92 bits per heavy atom. The van der Waals surface area contributed by atoms with Crippen molar-refractivity contribution in [3.63, 3.8) is 0 Å². The quantitative estimate of drug-likeness (QED) is 0.823. The number of rotatable bonds is 5. The Hall–Kier alpha value is -0.890. The minimum Gasteiger partial charge on any atom is -0.336 e. The summed E-state index contributed by atoms with van der Waals surface area (Å²) in [6.07, 6.45) is 4.98. The minimum atomic E-state index is 0. The first kappa shape index (κ1) is 22.2. The Labute approximate surface area is 162 Å². The lowest BCUT2D eigenvalue weighted by Crippen LogP contribution is -2.38. The van der Waals surface area contributed by atoms with Crippen molar-refractivity contribution >= 4 is 30.7 Å². The summed E-state index contributed by atoms with van der Waals surface area (Å²) < 4.78 is 1.88. The third-order valence-corrected chi connectivity index (χ3v) is 5.19. The van der Waals surface area contributed by atoms with Crippen LogP contribution in [0, 0.1) is 0 Å². The van der Waals surface area contributed by atoms with Gasteiger partial charge in [0.25, 0.3) is 5.91 Å². The molecule has 0 aliphatic carbocycles. The van der Waals surface area contributed by atoms with Crippen molar-refractivity contribution < 1.29 is 4.79 Å². The Morgan fingerprint density at radius 1 is 1.24 bits per heavy atom. The zero-order chi connectivity index (χ0) is 16.2. The van der Waals surface area contributed by atoms with Gasteiger partial charge < -0.3 is 10.2 Å². The molecule has 2 saturated heterocycles. The summed E-state index contributed by atoms with van der Waals surface area (Å²) in [6, 6.07) is 0.848. The predicted octanol–water partition coefficient (Wildman–Crippen LogP) is 1.60. The van der Waals surface area contributed by atoms with Gasteiger partial charge in [-0.05, 0) is 45.4 Å². The second kappa shape index (κ2) is 10.3. The molecule has 3 rings (SSSR count). The van der Waals surface area contributed by atoms with Crippen molar-refractivity contribution in [1.82, 2.24) is 30.1 Å². The molecular weight excluding hydrogens is 363 g/mol. The Bertz CT molecular complexity index is 530. The fraction of sp³-hybridized carbons (Fsp3) is 0.812. The number of likely N-dealkylation sites (tertiary alicyclic amines) is 1. The van der Waals surface area contributed by atoms with Crippen molar-refractivity contribution in [1.29, 1.82) is 0 Å². The van der Waals surface area contributed by atoms with E-state index in [9.17, 15) is 4.79 Å². The fourth-order valence-corrected chi connectivity index (χ4v) is 3.75. The van der Waals surface area contributed by atoms with Gasteiger partial charge >= 0.3 is 0 Å². The molecule has 0 bridgehead atoms. The Kier molecular flexibility index (Phi) is 9.13. The molecule has 0 aromatic carbocycles. The van der Waals surface area contributed by atoms with Gasteiger partial charge in [-0.25, -0.2) is 4.68 Å². The van der Waals surface area contributed by atoms with Crippen LogP contribution in [-0.2, 0) is 0 Å². The number of hydrogen-bond acceptors (Lipinski definition) is 5. The number of hydrogen-bond donors (Lipinski definition) is 1. The lowest BCUT2D eigenvalue weighted by Gasteiger charge is -2.25. The summed E-state index contributed by atoms with van der Waals surface area (Å²) in [4.78, 5) is 17.0. The SMILES string of the molecule is CCN(CC)C1CCN(C(=O)c2cn(C3CCNCC3)nn2)C1.Cl.Cl. The highest BCUT2D eigenvalue weighted by atomic mass is 35.5. The monoisotopic (exact) mass is 392 g/mol. The number of nitrogens with one attached hydrogen (secondary N) is 1. The predicted molar refractivity (Wildman–Crippen MR) is 103 cm³/mol. The van der Waals surface area contributed by atoms with Crippen LogP contribution in [0.4, 0.5) is 0 Å². The van der Waals surface area contributed by atoms with Crippen LogP contribution in [0.1, 0.15) is 49.6 Å². The molecule has 1 aromatic rings. The molecule has 0 radical (unpaired) electrons. The molecule has 1 atom stereocenters. The molecule has 0 spiro atoms. The molecule has 2 aliphatic rings. The molecule has 2 fully saturated rings. The van der Waals surface area contributed by atoms with Crippen LogP contribution in [0.25, 0.3) is 0 Å². The molecule has 1 amide bonds. The fourth-order valence-electron chi connectivity index (χ4n) is 3.75. The molecule has 144 valence electrons. The molecule has 3 heterocycles. The smallest absolute Gasteiger partial charge is 0.276 e. The molecule has 9 heteroatoms. The lowest BCUT2D eigenvalue weighted by molar-refractivity contribution is 0.0772. The van der Waals surface area contributed by atoms with Gasteiger partial charge in [-0.2, -0.15) is 0 Å². The van der Waals surface area contributed by atoms with E-state index in [0.717, 1.165) is 58.5 Å². The van der Waals surface area contributed by atoms with Gasteiger partial charge in [-0.3, -0.25) is 9.69 Å². The highest BCUT2D eigenvalue weighted by Gasteiger charge is 2.31. The topological polar surface area (TPSA) is 66.3 Å². The number of carbonyl (C=O) groups is 1. The maximum absolute atomic E-state index is 12.7. The second-order valence-electron chi connectivity index (χ2n) is 6.48. The highest BCUT2D eigenvalue weighted by molar-refractivity contribution is 5.92. The third kappa shape index (κ3) is 5.06. The van der Waals surface area contributed by atoms with Gasteiger partial charge in [0, 0.05) is 19.1 Å². The zero-order valence-corrected chi connectivity index (χ0v) is 16.7. The maximum atomic E-state index is 12.7. The van der Waals surface area contributed by atoms with Crippen LogP contribution >= 0.6 is 24.8 Å². The molecule has 25 heavy (non-hydrogen) atoms. The summed E-state index contributed by atoms with van der Waals surface area (Å²) >= 11 is 0. The van der Waals surface area contributed by atoms with E-state index in [1.165, 1.54) is 0 Å². The summed E-state index contributed by atoms with van der Waals surface area (Å²) in [7, 11) is 0. The van der Waals surface area contributed by atoms with Gasteiger partial charge in [0.2, 0.25) is 0 Å². The molecule has 7 nitrogen and oxygen atoms in total. The van der Waals surface area contributed by atoms with E-state index in [1.54, 1.807) is 0 Å². The number of halogens is 2. The number of nitrogens with zero attached hydrogens (tertiary/aromatic N) is 5. The van der Waals surface area contributed by atoms with E-state index in [0.29, 0.717) is 17.8 Å². The maximum Gasteiger partial charge on any atom is 0.276 e. The van der Waals surface area contributed by atoms with Crippen LogP contribution < -0.4 is 5.32 Å². The van der Waals surface area contributed by atoms with E-state index < -0.39 is 0 Å². The largest absolute Gasteiger partial charge is 0.336 e. The van der Waals surface area contributed by atoms with Crippen LogP contribution in [-0.4, -0.2) is 76.0 Å². The average Bonchev–Trinajstić information content (AvgIpc) is 3.26. The van der Waals surface area contributed by atoms with E-state index in [-0.39, 0.29) is 30.7 Å². The van der Waals surface area contributed by atoms with Gasteiger partial charge in [-0.15, -0.1) is 29.9 Å². The Balaban J connectivity index is 0.00000156. The number of aromatic nitrogens is 3. The number of carbonyl (C=O) groups excluding carboxylic acids is 1. The standard InChI is InChI=1S/C16H28N6O.2ClH/c1-3-20(4-2)14-7-10-21(11-14)16(23)15-12-22(19-18-15)13-5-8-17-9-6-13;;/h12-14,17H,3-11H2,1-2H3;2*1H. The Morgan fingerprint density at radius 3 is 2.56 bits per heavy atom. The van der Waals surface area contributed by atoms with Crippen molar-refractivity contribution in [3.8, 4) is 0 Å². The van der Waals surface area contributed by atoms with Crippen molar-refractivity contribution in [2.24, 2.45) is 0 Å². The van der Waals surface area contributed by atoms with Gasteiger partial charge in [0.05, 0.1) is 12.2 Å². The summed E-state index contributed by atoms with van der Waals surface area (Å²) in [5.41, 5.74) is 0.490. The van der Waals surface area contributed by atoms with E-state index in [4.69, 9.17) is 0 Å². The highest BCUT2D eigenvalue weighted by Crippen LogP contribution is 2.20. The zero-order valence-electron chi connectivity index (χ0n) is 15.1. The minimum absolute atomic E-state index is 0. The number of likely N-dealkylation sites (N-methyl/N-ethyl adjacent to an activating group) is 1. The summed E-state index contributed by atoms with van der Waals surface area (Å²) in [5.74, 6) is 0.0276. The first-order valence-electron chi connectivity index (χ1n) is 8.88. The average molecular weight is 393 g/mol. The van der Waals surface area contributed by atoms with Crippen LogP contribution in [0.15, 0.2) is 6.20 Å². The van der Waals surface area contributed by atoms with Crippen molar-refractivity contribution in [3.05, 3.63) is 11.9 Å². The number of amides is 1. The van der Waals surface area contributed by atoms with Crippen molar-refractivity contribution in [2.75, 3.05) is 39.3 Å². The van der Waals surface area contributed by atoms with Crippen LogP contribution in [0.2, 0.25) is 0 Å². The van der Waals surface area contributed by atoms with Crippen LogP contribution in [0.5, 0.6) is 0 Å².